The van der Waals surface area contributed by atoms with E-state index in [0.717, 1.165) is 22.6 Å². The molecule has 0 aliphatic rings. The summed E-state index contributed by atoms with van der Waals surface area (Å²) in [6, 6.07) is 15.9. The van der Waals surface area contributed by atoms with Gasteiger partial charge in [-0.15, -0.1) is 11.3 Å². The molecule has 2 aromatic carbocycles. The quantitative estimate of drug-likeness (QED) is 0.365. The van der Waals surface area contributed by atoms with Crippen molar-refractivity contribution in [2.75, 3.05) is 11.9 Å². The molecular formula is C23H22ClNO5S. The number of nitrogens with one attached hydrogen (secondary N) is 1. The van der Waals surface area contributed by atoms with Gasteiger partial charge in [0.1, 0.15) is 5.02 Å². The first-order chi connectivity index (χ1) is 14.8. The Morgan fingerprint density at radius 3 is 2.45 bits per heavy atom. The van der Waals surface area contributed by atoms with Crippen molar-refractivity contribution in [2.24, 2.45) is 0 Å². The molecule has 0 radical (unpaired) electrons. The van der Waals surface area contributed by atoms with Crippen LogP contribution in [0.5, 0.6) is 5.75 Å². The number of thiophene rings is 1. The van der Waals surface area contributed by atoms with Gasteiger partial charge in [0, 0.05) is 12.2 Å². The van der Waals surface area contributed by atoms with Crippen molar-refractivity contribution in [3.63, 3.8) is 0 Å². The van der Waals surface area contributed by atoms with Gasteiger partial charge in [-0.2, -0.15) is 0 Å². The van der Waals surface area contributed by atoms with Gasteiger partial charge < -0.3 is 20.3 Å². The summed E-state index contributed by atoms with van der Waals surface area (Å²) >= 11 is 7.32. The van der Waals surface area contributed by atoms with E-state index in [2.05, 4.69) is 43.4 Å². The highest BCUT2D eigenvalue weighted by Gasteiger charge is 2.24. The van der Waals surface area contributed by atoms with Crippen LogP contribution in [0.15, 0.2) is 48.5 Å². The van der Waals surface area contributed by atoms with Gasteiger partial charge in [-0.25, -0.2) is 9.59 Å². The zero-order valence-corrected chi connectivity index (χ0v) is 18.6. The normalized spacial score (nSPS) is 10.8. The Labute approximate surface area is 189 Å². The lowest BCUT2D eigenvalue weighted by Gasteiger charge is -2.10. The topological polar surface area (TPSA) is 95.9 Å². The van der Waals surface area contributed by atoms with Crippen LogP contribution in [-0.2, 0) is 11.3 Å². The van der Waals surface area contributed by atoms with Crippen molar-refractivity contribution in [1.29, 1.82) is 0 Å². The lowest BCUT2D eigenvalue weighted by Crippen LogP contribution is -2.10. The van der Waals surface area contributed by atoms with Crippen molar-refractivity contribution in [1.82, 2.24) is 0 Å². The highest BCUT2D eigenvalue weighted by atomic mass is 35.5. The van der Waals surface area contributed by atoms with Gasteiger partial charge >= 0.3 is 11.9 Å². The molecule has 0 fully saturated rings. The van der Waals surface area contributed by atoms with Gasteiger partial charge in [-0.1, -0.05) is 61.8 Å². The number of ether oxygens (including phenoxy) is 1. The predicted molar refractivity (Wildman–Crippen MR) is 123 cm³/mol. The number of benzene rings is 2. The fourth-order valence-electron chi connectivity index (χ4n) is 2.98. The van der Waals surface area contributed by atoms with E-state index in [4.69, 9.17) is 21.4 Å². The Morgan fingerprint density at radius 1 is 1.13 bits per heavy atom. The fraction of sp³-hybridized carbons (Fsp3) is 0.217. The van der Waals surface area contributed by atoms with Crippen LogP contribution in [0.25, 0.3) is 10.4 Å². The fourth-order valence-corrected chi connectivity index (χ4v) is 4.38. The minimum absolute atomic E-state index is 0.0880. The number of hydrogen-bond acceptors (Lipinski definition) is 5. The number of anilines is 1. The van der Waals surface area contributed by atoms with Crippen LogP contribution < -0.4 is 10.1 Å². The summed E-state index contributed by atoms with van der Waals surface area (Å²) in [7, 11) is 0. The summed E-state index contributed by atoms with van der Waals surface area (Å²) in [5.74, 6) is -2.08. The molecule has 0 unspecified atom stereocenters. The van der Waals surface area contributed by atoms with Crippen molar-refractivity contribution in [3.05, 3.63) is 69.6 Å². The molecule has 162 valence electrons. The second-order valence-corrected chi connectivity index (χ2v) is 8.62. The Balaban J connectivity index is 1.81. The molecule has 0 bridgehead atoms. The molecule has 8 heteroatoms. The van der Waals surface area contributed by atoms with E-state index in [1.54, 1.807) is 0 Å². The van der Waals surface area contributed by atoms with E-state index in [1.165, 1.54) is 5.56 Å². The van der Waals surface area contributed by atoms with E-state index in [1.807, 2.05) is 24.3 Å². The second kappa shape index (κ2) is 9.85. The van der Waals surface area contributed by atoms with Gasteiger partial charge in [0.15, 0.2) is 17.2 Å². The number of carboxylic acid groups (broad SMARTS) is 2. The number of carboxylic acids is 2. The molecule has 0 aliphatic carbocycles. The lowest BCUT2D eigenvalue weighted by molar-refractivity contribution is -0.139. The minimum atomic E-state index is -1.22. The van der Waals surface area contributed by atoms with Crippen molar-refractivity contribution in [3.8, 4) is 16.2 Å². The third-order valence-electron chi connectivity index (χ3n) is 4.61. The van der Waals surface area contributed by atoms with Gasteiger partial charge in [-0.05, 0) is 34.7 Å². The monoisotopic (exact) mass is 459 g/mol. The Hall–Kier alpha value is -3.03. The summed E-state index contributed by atoms with van der Waals surface area (Å²) < 4.78 is 5.14. The van der Waals surface area contributed by atoms with Crippen molar-refractivity contribution in [2.45, 2.75) is 26.3 Å². The minimum Gasteiger partial charge on any atom is -0.479 e. The highest BCUT2D eigenvalue weighted by Crippen LogP contribution is 2.45. The molecule has 0 atom stereocenters. The molecule has 0 spiro atoms. The SMILES string of the molecule is CC(C)c1ccc(CNc2cccc(-c3sc(C(=O)O)c(OCC(=O)O)c3Cl)c2)cc1. The molecule has 31 heavy (non-hydrogen) atoms. The van der Waals surface area contributed by atoms with Crippen LogP contribution in [0, 0.1) is 0 Å². The molecule has 3 aromatic rings. The second-order valence-electron chi connectivity index (χ2n) is 7.22. The van der Waals surface area contributed by atoms with Gasteiger partial charge in [0.2, 0.25) is 0 Å². The van der Waals surface area contributed by atoms with Gasteiger partial charge in [0.05, 0.1) is 4.88 Å². The first kappa shape index (κ1) is 22.7. The summed E-state index contributed by atoms with van der Waals surface area (Å²) in [5, 5.41) is 21.7. The van der Waals surface area contributed by atoms with E-state index in [0.29, 0.717) is 22.9 Å². The first-order valence-electron chi connectivity index (χ1n) is 9.59. The van der Waals surface area contributed by atoms with E-state index < -0.39 is 18.5 Å². The Bertz CT molecular complexity index is 1090. The molecular weight excluding hydrogens is 438 g/mol. The van der Waals surface area contributed by atoms with E-state index in [-0.39, 0.29) is 15.6 Å². The summed E-state index contributed by atoms with van der Waals surface area (Å²) in [6.45, 7) is 4.27. The average Bonchev–Trinajstić information content (AvgIpc) is 3.07. The third kappa shape index (κ3) is 5.57. The molecule has 3 rings (SSSR count). The molecule has 1 heterocycles. The average molecular weight is 460 g/mol. The molecule has 0 saturated carbocycles. The Kier molecular flexibility index (Phi) is 7.20. The largest absolute Gasteiger partial charge is 0.479 e. The first-order valence-corrected chi connectivity index (χ1v) is 10.8. The number of aliphatic carboxylic acids is 1. The van der Waals surface area contributed by atoms with Crippen LogP contribution in [-0.4, -0.2) is 28.8 Å². The maximum absolute atomic E-state index is 11.6. The molecule has 0 amide bonds. The lowest BCUT2D eigenvalue weighted by atomic mass is 10.0. The zero-order chi connectivity index (χ0) is 22.5. The third-order valence-corrected chi connectivity index (χ3v) is 6.29. The van der Waals surface area contributed by atoms with Crippen molar-refractivity contribution < 1.29 is 24.5 Å². The summed E-state index contributed by atoms with van der Waals surface area (Å²) in [6.07, 6.45) is 0. The zero-order valence-electron chi connectivity index (χ0n) is 17.0. The van der Waals surface area contributed by atoms with Gasteiger partial charge in [0.25, 0.3) is 0 Å². The summed E-state index contributed by atoms with van der Waals surface area (Å²) in [4.78, 5) is 22.7. The van der Waals surface area contributed by atoms with E-state index in [9.17, 15) is 14.7 Å². The number of halogens is 1. The number of hydrogen-bond donors (Lipinski definition) is 3. The Morgan fingerprint density at radius 2 is 1.84 bits per heavy atom. The summed E-state index contributed by atoms with van der Waals surface area (Å²) in [5.41, 5.74) is 3.98. The number of carbonyl (C=O) groups is 2. The highest BCUT2D eigenvalue weighted by molar-refractivity contribution is 7.18. The molecule has 0 saturated heterocycles. The van der Waals surface area contributed by atoms with Crippen LogP contribution in [0.1, 0.15) is 40.6 Å². The number of rotatable bonds is 9. The molecule has 1 aromatic heterocycles. The smallest absolute Gasteiger partial charge is 0.349 e. The standard InChI is InChI=1S/C23H22ClNO5S/c1-13(2)15-8-6-14(7-9-15)11-25-17-5-3-4-16(10-17)21-19(24)20(30-12-18(26)27)22(31-21)23(28)29/h3-10,13,25H,11-12H2,1-2H3,(H,26,27)(H,28,29). The maximum atomic E-state index is 11.6. The number of aromatic carboxylic acids is 1. The van der Waals surface area contributed by atoms with Crippen LogP contribution in [0.4, 0.5) is 5.69 Å². The predicted octanol–water partition coefficient (Wildman–Crippen LogP) is 5.97. The molecule has 0 aliphatic heterocycles. The maximum Gasteiger partial charge on any atom is 0.349 e. The van der Waals surface area contributed by atoms with Crippen LogP contribution in [0.3, 0.4) is 0 Å². The van der Waals surface area contributed by atoms with Crippen molar-refractivity contribution >= 4 is 40.6 Å². The van der Waals surface area contributed by atoms with Crippen LogP contribution >= 0.6 is 22.9 Å². The molecule has 3 N–H and O–H groups in total. The van der Waals surface area contributed by atoms with Crippen LogP contribution in [0.2, 0.25) is 5.02 Å². The molecule has 6 nitrogen and oxygen atoms in total. The van der Waals surface area contributed by atoms with Gasteiger partial charge in [-0.3, -0.25) is 0 Å². The van der Waals surface area contributed by atoms with E-state index >= 15 is 0 Å².